The van der Waals surface area contributed by atoms with Crippen molar-refractivity contribution >= 4 is 0 Å². The van der Waals surface area contributed by atoms with Gasteiger partial charge in [-0.25, -0.2) is 0 Å². The maximum atomic E-state index is 10.5. The summed E-state index contributed by atoms with van der Waals surface area (Å²) in [6.45, 7) is 2.95. The molecule has 1 aliphatic rings. The Bertz CT molecular complexity index is 597. The lowest BCUT2D eigenvalue weighted by atomic mass is 9.84. The maximum absolute atomic E-state index is 10.5. The second-order valence-corrected chi connectivity index (χ2v) is 6.43. The van der Waals surface area contributed by atoms with E-state index in [4.69, 9.17) is 0 Å². The first-order valence-electron chi connectivity index (χ1n) is 7.79. The van der Waals surface area contributed by atoms with Gasteiger partial charge in [0.05, 0.1) is 6.10 Å². The summed E-state index contributed by atoms with van der Waals surface area (Å²) in [4.78, 5) is 2.26. The van der Waals surface area contributed by atoms with Gasteiger partial charge >= 0.3 is 0 Å². The molecule has 0 saturated carbocycles. The molecule has 0 amide bonds. The van der Waals surface area contributed by atoms with Crippen molar-refractivity contribution in [2.75, 3.05) is 6.54 Å². The highest BCUT2D eigenvalue weighted by Gasteiger charge is 2.42. The topological polar surface area (TPSA) is 43.7 Å². The number of aliphatic hydroxyl groups excluding tert-OH is 1. The van der Waals surface area contributed by atoms with Gasteiger partial charge in [-0.2, -0.15) is 0 Å². The normalized spacial score (nSPS) is 29.4. The summed E-state index contributed by atoms with van der Waals surface area (Å²) in [5.74, 6) is 0. The smallest absolute Gasteiger partial charge is 0.100 e. The summed E-state index contributed by atoms with van der Waals surface area (Å²) in [5.41, 5.74) is 1.34. The van der Waals surface area contributed by atoms with Crippen LogP contribution in [0.5, 0.6) is 0 Å². The summed E-state index contributed by atoms with van der Waals surface area (Å²) < 4.78 is 0. The Morgan fingerprint density at radius 3 is 2.27 bits per heavy atom. The molecule has 1 fully saturated rings. The largest absolute Gasteiger partial charge is 0.390 e. The first kappa shape index (κ1) is 15.2. The van der Waals surface area contributed by atoms with Gasteiger partial charge < -0.3 is 10.2 Å². The lowest BCUT2D eigenvalue weighted by Crippen LogP contribution is -2.55. The third-order valence-corrected chi connectivity index (χ3v) is 4.54. The molecular formula is C19H23NO2. The fraction of sp³-hybridized carbons (Fsp3) is 0.368. The van der Waals surface area contributed by atoms with Gasteiger partial charge in [0.1, 0.15) is 5.60 Å². The third kappa shape index (κ3) is 3.22. The number of hydrogen-bond acceptors (Lipinski definition) is 3. The SMILES string of the molecule is C[C@]1(O)CN(Cc2ccccc2)[C@@H](c2ccccc2)C[C@H]1O. The second kappa shape index (κ2) is 6.21. The summed E-state index contributed by atoms with van der Waals surface area (Å²) in [6.07, 6.45) is -0.158. The van der Waals surface area contributed by atoms with E-state index in [1.807, 2.05) is 36.4 Å². The lowest BCUT2D eigenvalue weighted by Gasteiger charge is -2.46. The summed E-state index contributed by atoms with van der Waals surface area (Å²) in [7, 11) is 0. The molecule has 116 valence electrons. The highest BCUT2D eigenvalue weighted by atomic mass is 16.3. The number of hydrogen-bond donors (Lipinski definition) is 2. The Kier molecular flexibility index (Phi) is 4.30. The van der Waals surface area contributed by atoms with E-state index in [1.54, 1.807) is 6.92 Å². The predicted octanol–water partition coefficient (Wildman–Crippen LogP) is 2.75. The van der Waals surface area contributed by atoms with Crippen LogP contribution in [0.25, 0.3) is 0 Å². The van der Waals surface area contributed by atoms with Crippen molar-refractivity contribution in [1.29, 1.82) is 0 Å². The van der Waals surface area contributed by atoms with E-state index in [0.29, 0.717) is 13.0 Å². The number of nitrogens with zero attached hydrogens (tertiary/aromatic N) is 1. The molecule has 22 heavy (non-hydrogen) atoms. The van der Waals surface area contributed by atoms with E-state index in [-0.39, 0.29) is 6.04 Å². The number of rotatable bonds is 3. The Hall–Kier alpha value is -1.68. The first-order valence-corrected chi connectivity index (χ1v) is 7.79. The van der Waals surface area contributed by atoms with E-state index >= 15 is 0 Å². The van der Waals surface area contributed by atoms with Gasteiger partial charge in [-0.05, 0) is 24.5 Å². The van der Waals surface area contributed by atoms with E-state index in [0.717, 1.165) is 6.54 Å². The van der Waals surface area contributed by atoms with Gasteiger partial charge in [-0.3, -0.25) is 4.90 Å². The molecule has 0 spiro atoms. The number of β-amino-alcohol motifs (C(OH)–C–C–N with tert-alkyl or cyclic N) is 1. The summed E-state index contributed by atoms with van der Waals surface area (Å²) in [5, 5.41) is 20.7. The third-order valence-electron chi connectivity index (χ3n) is 4.54. The fourth-order valence-corrected chi connectivity index (χ4v) is 3.25. The first-order chi connectivity index (χ1) is 10.6. The monoisotopic (exact) mass is 297 g/mol. The number of aliphatic hydroxyl groups is 2. The van der Waals surface area contributed by atoms with Gasteiger partial charge in [0.15, 0.2) is 0 Å². The van der Waals surface area contributed by atoms with Crippen LogP contribution in [0, 0.1) is 0 Å². The van der Waals surface area contributed by atoms with Gasteiger partial charge in [-0.15, -0.1) is 0 Å². The van der Waals surface area contributed by atoms with Crippen LogP contribution in [0.3, 0.4) is 0 Å². The molecule has 0 radical (unpaired) electrons. The molecule has 1 aliphatic heterocycles. The summed E-state index contributed by atoms with van der Waals surface area (Å²) in [6, 6.07) is 20.6. The average Bonchev–Trinajstić information content (AvgIpc) is 2.52. The number of benzene rings is 2. The van der Waals surface area contributed by atoms with Gasteiger partial charge in [-0.1, -0.05) is 60.7 Å². The lowest BCUT2D eigenvalue weighted by molar-refractivity contribution is -0.129. The molecular weight excluding hydrogens is 274 g/mol. The molecule has 2 aromatic rings. The molecule has 0 aromatic heterocycles. The Morgan fingerprint density at radius 1 is 1.05 bits per heavy atom. The molecule has 2 aromatic carbocycles. The zero-order valence-electron chi connectivity index (χ0n) is 12.9. The van der Waals surface area contributed by atoms with Crippen molar-refractivity contribution in [3.05, 3.63) is 71.8 Å². The van der Waals surface area contributed by atoms with E-state index in [1.165, 1.54) is 11.1 Å². The molecule has 2 N–H and O–H groups in total. The molecule has 1 saturated heterocycles. The quantitative estimate of drug-likeness (QED) is 0.915. The number of likely N-dealkylation sites (tertiary alicyclic amines) is 1. The van der Waals surface area contributed by atoms with Crippen LogP contribution in [0.4, 0.5) is 0 Å². The zero-order chi connectivity index (χ0) is 15.6. The van der Waals surface area contributed by atoms with E-state index in [9.17, 15) is 10.2 Å². The van der Waals surface area contributed by atoms with Crippen molar-refractivity contribution in [1.82, 2.24) is 4.90 Å². The molecule has 3 atom stereocenters. The Balaban J connectivity index is 1.88. The molecule has 1 heterocycles. The Morgan fingerprint density at radius 2 is 1.64 bits per heavy atom. The van der Waals surface area contributed by atoms with Crippen molar-refractivity contribution in [3.8, 4) is 0 Å². The summed E-state index contributed by atoms with van der Waals surface area (Å²) >= 11 is 0. The van der Waals surface area contributed by atoms with Crippen molar-refractivity contribution < 1.29 is 10.2 Å². The number of piperidine rings is 1. The van der Waals surface area contributed by atoms with E-state index < -0.39 is 11.7 Å². The zero-order valence-corrected chi connectivity index (χ0v) is 12.9. The van der Waals surface area contributed by atoms with Crippen LogP contribution < -0.4 is 0 Å². The second-order valence-electron chi connectivity index (χ2n) is 6.43. The minimum atomic E-state index is -1.07. The van der Waals surface area contributed by atoms with Crippen LogP contribution in [0.1, 0.15) is 30.5 Å². The van der Waals surface area contributed by atoms with Gasteiger partial charge in [0, 0.05) is 19.1 Å². The van der Waals surface area contributed by atoms with Crippen LogP contribution in [0.15, 0.2) is 60.7 Å². The van der Waals surface area contributed by atoms with Gasteiger partial charge in [0.25, 0.3) is 0 Å². The Labute approximate surface area is 131 Å². The standard InChI is InChI=1S/C19H23NO2/c1-19(22)14-20(13-15-8-4-2-5-9-15)17(12-18(19)21)16-10-6-3-7-11-16/h2-11,17-18,21-22H,12-14H2,1H3/t17-,18-,19+/m1/s1. The van der Waals surface area contributed by atoms with Crippen LogP contribution in [-0.4, -0.2) is 33.4 Å². The molecule has 3 rings (SSSR count). The molecule has 0 unspecified atom stereocenters. The fourth-order valence-electron chi connectivity index (χ4n) is 3.25. The maximum Gasteiger partial charge on any atom is 0.100 e. The van der Waals surface area contributed by atoms with Crippen LogP contribution in [-0.2, 0) is 6.54 Å². The molecule has 3 nitrogen and oxygen atoms in total. The van der Waals surface area contributed by atoms with Crippen molar-refractivity contribution in [2.24, 2.45) is 0 Å². The van der Waals surface area contributed by atoms with Crippen molar-refractivity contribution in [3.63, 3.8) is 0 Å². The highest BCUT2D eigenvalue weighted by molar-refractivity contribution is 5.22. The van der Waals surface area contributed by atoms with Crippen molar-refractivity contribution in [2.45, 2.75) is 37.6 Å². The molecule has 0 aliphatic carbocycles. The minimum absolute atomic E-state index is 0.122. The van der Waals surface area contributed by atoms with Crippen LogP contribution >= 0.6 is 0 Å². The average molecular weight is 297 g/mol. The molecule has 3 heteroatoms. The van der Waals surface area contributed by atoms with Gasteiger partial charge in [0.2, 0.25) is 0 Å². The van der Waals surface area contributed by atoms with E-state index in [2.05, 4.69) is 29.2 Å². The molecule has 0 bridgehead atoms. The minimum Gasteiger partial charge on any atom is -0.390 e. The predicted molar refractivity (Wildman–Crippen MR) is 87.3 cm³/mol. The van der Waals surface area contributed by atoms with Crippen LogP contribution in [0.2, 0.25) is 0 Å². The highest BCUT2D eigenvalue weighted by Crippen LogP contribution is 2.36.